The van der Waals surface area contributed by atoms with Gasteiger partial charge in [0.15, 0.2) is 0 Å². The molecule has 0 atom stereocenters. The van der Waals surface area contributed by atoms with E-state index in [-0.39, 0.29) is 24.5 Å². The number of nitrogens with zero attached hydrogens (tertiary/aromatic N) is 1. The number of rotatable bonds is 5. The minimum absolute atomic E-state index is 0. The summed E-state index contributed by atoms with van der Waals surface area (Å²) in [6.07, 6.45) is -4.53. The standard InChI is InChI=1S/C12H16F4N2.ClH/c1-17-5-6-18(2)8-9-3-4-10(13)7-11(9)12(14,15)16;/h3-4,7,17H,5-6,8H2,1-2H3;1H. The van der Waals surface area contributed by atoms with Gasteiger partial charge in [0, 0.05) is 19.6 Å². The lowest BCUT2D eigenvalue weighted by Crippen LogP contribution is -2.28. The minimum Gasteiger partial charge on any atom is -0.318 e. The molecule has 1 aromatic carbocycles. The van der Waals surface area contributed by atoms with E-state index in [1.807, 2.05) is 0 Å². The van der Waals surface area contributed by atoms with Crippen molar-refractivity contribution in [1.29, 1.82) is 0 Å². The van der Waals surface area contributed by atoms with Crippen LogP contribution in [0.4, 0.5) is 17.6 Å². The molecule has 0 spiro atoms. The lowest BCUT2D eigenvalue weighted by Gasteiger charge is -2.19. The van der Waals surface area contributed by atoms with Gasteiger partial charge in [-0.2, -0.15) is 13.2 Å². The number of hydrogen-bond donors (Lipinski definition) is 1. The summed E-state index contributed by atoms with van der Waals surface area (Å²) in [5.74, 6) is -0.871. The van der Waals surface area contributed by atoms with Crippen LogP contribution in [0.15, 0.2) is 18.2 Å². The third-order valence-corrected chi connectivity index (χ3v) is 2.56. The molecule has 0 aliphatic rings. The van der Waals surface area contributed by atoms with E-state index < -0.39 is 17.6 Å². The SMILES string of the molecule is CNCCN(C)Cc1ccc(F)cc1C(F)(F)F.Cl. The molecule has 0 saturated carbocycles. The Morgan fingerprint density at radius 3 is 2.42 bits per heavy atom. The van der Waals surface area contributed by atoms with Crippen molar-refractivity contribution in [3.63, 3.8) is 0 Å². The molecule has 0 aliphatic heterocycles. The minimum atomic E-state index is -4.53. The van der Waals surface area contributed by atoms with Crippen LogP contribution in [0.3, 0.4) is 0 Å². The highest BCUT2D eigenvalue weighted by atomic mass is 35.5. The molecule has 1 aromatic rings. The molecule has 0 saturated heterocycles. The molecular weight excluding hydrogens is 284 g/mol. The van der Waals surface area contributed by atoms with Crippen LogP contribution in [-0.2, 0) is 12.7 Å². The van der Waals surface area contributed by atoms with Gasteiger partial charge in [-0.1, -0.05) is 6.07 Å². The smallest absolute Gasteiger partial charge is 0.318 e. The number of alkyl halides is 3. The van der Waals surface area contributed by atoms with E-state index >= 15 is 0 Å². The summed E-state index contributed by atoms with van der Waals surface area (Å²) in [6, 6.07) is 2.78. The summed E-state index contributed by atoms with van der Waals surface area (Å²) in [7, 11) is 3.49. The number of benzene rings is 1. The van der Waals surface area contributed by atoms with Gasteiger partial charge < -0.3 is 10.2 Å². The van der Waals surface area contributed by atoms with Crippen LogP contribution in [0.25, 0.3) is 0 Å². The average molecular weight is 301 g/mol. The largest absolute Gasteiger partial charge is 0.416 e. The highest BCUT2D eigenvalue weighted by Crippen LogP contribution is 2.32. The van der Waals surface area contributed by atoms with Crippen molar-refractivity contribution in [1.82, 2.24) is 10.2 Å². The van der Waals surface area contributed by atoms with Crippen LogP contribution in [0.5, 0.6) is 0 Å². The first-order chi connectivity index (χ1) is 8.34. The maximum absolute atomic E-state index is 12.9. The summed E-state index contributed by atoms with van der Waals surface area (Å²) in [4.78, 5) is 1.75. The first-order valence-electron chi connectivity index (χ1n) is 5.53. The molecule has 1 N–H and O–H groups in total. The van der Waals surface area contributed by atoms with E-state index in [0.29, 0.717) is 19.2 Å². The maximum Gasteiger partial charge on any atom is 0.416 e. The molecule has 2 nitrogen and oxygen atoms in total. The third kappa shape index (κ3) is 5.76. The number of hydrogen-bond acceptors (Lipinski definition) is 2. The molecule has 19 heavy (non-hydrogen) atoms. The molecule has 0 aliphatic carbocycles. The van der Waals surface area contributed by atoms with Crippen LogP contribution < -0.4 is 5.32 Å². The zero-order valence-corrected chi connectivity index (χ0v) is 11.5. The van der Waals surface area contributed by atoms with Gasteiger partial charge in [-0.3, -0.25) is 0 Å². The van der Waals surface area contributed by atoms with Gasteiger partial charge in [-0.25, -0.2) is 4.39 Å². The summed E-state index contributed by atoms with van der Waals surface area (Å²) in [5.41, 5.74) is -0.818. The highest BCUT2D eigenvalue weighted by molar-refractivity contribution is 5.85. The van der Waals surface area contributed by atoms with E-state index in [1.54, 1.807) is 19.0 Å². The van der Waals surface area contributed by atoms with E-state index in [2.05, 4.69) is 5.32 Å². The third-order valence-electron chi connectivity index (χ3n) is 2.56. The molecule has 7 heteroatoms. The fraction of sp³-hybridized carbons (Fsp3) is 0.500. The summed E-state index contributed by atoms with van der Waals surface area (Å²) in [6.45, 7) is 1.43. The molecular formula is C12H17ClF4N2. The Balaban J connectivity index is 0.00000324. The van der Waals surface area contributed by atoms with Crippen LogP contribution in [0.1, 0.15) is 11.1 Å². The topological polar surface area (TPSA) is 15.3 Å². The van der Waals surface area contributed by atoms with Gasteiger partial charge in [0.2, 0.25) is 0 Å². The van der Waals surface area contributed by atoms with Crippen LogP contribution >= 0.6 is 12.4 Å². The van der Waals surface area contributed by atoms with Crippen molar-refractivity contribution in [2.24, 2.45) is 0 Å². The van der Waals surface area contributed by atoms with Crippen molar-refractivity contribution in [3.05, 3.63) is 35.1 Å². The molecule has 0 amide bonds. The second-order valence-corrected chi connectivity index (χ2v) is 4.14. The van der Waals surface area contributed by atoms with Gasteiger partial charge >= 0.3 is 6.18 Å². The van der Waals surface area contributed by atoms with Gasteiger partial charge in [0.25, 0.3) is 0 Å². The van der Waals surface area contributed by atoms with Crippen molar-refractivity contribution in [2.75, 3.05) is 27.2 Å². The van der Waals surface area contributed by atoms with Crippen molar-refractivity contribution >= 4 is 12.4 Å². The average Bonchev–Trinajstić information content (AvgIpc) is 2.27. The Kier molecular flexibility index (Phi) is 7.33. The molecule has 0 heterocycles. The fourth-order valence-electron chi connectivity index (χ4n) is 1.62. The molecule has 0 radical (unpaired) electrons. The van der Waals surface area contributed by atoms with E-state index in [0.717, 1.165) is 6.07 Å². The monoisotopic (exact) mass is 300 g/mol. The molecule has 1 rings (SSSR count). The summed E-state index contributed by atoms with van der Waals surface area (Å²) in [5, 5.41) is 2.91. The van der Waals surface area contributed by atoms with Crippen molar-refractivity contribution < 1.29 is 17.6 Å². The summed E-state index contributed by atoms with van der Waals surface area (Å²) < 4.78 is 51.1. The zero-order valence-electron chi connectivity index (χ0n) is 10.7. The van der Waals surface area contributed by atoms with Crippen molar-refractivity contribution in [2.45, 2.75) is 12.7 Å². The maximum atomic E-state index is 12.9. The Labute approximate surface area is 116 Å². The Morgan fingerprint density at radius 2 is 1.89 bits per heavy atom. The second-order valence-electron chi connectivity index (χ2n) is 4.14. The van der Waals surface area contributed by atoms with Crippen LogP contribution in [0, 0.1) is 5.82 Å². The fourth-order valence-corrected chi connectivity index (χ4v) is 1.62. The van der Waals surface area contributed by atoms with Crippen molar-refractivity contribution in [3.8, 4) is 0 Å². The molecule has 0 aromatic heterocycles. The predicted octanol–water partition coefficient (Wildman–Crippen LogP) is 2.92. The van der Waals surface area contributed by atoms with E-state index in [9.17, 15) is 17.6 Å². The molecule has 0 unspecified atom stereocenters. The first kappa shape index (κ1) is 18.1. The number of likely N-dealkylation sites (N-methyl/N-ethyl adjacent to an activating group) is 2. The molecule has 110 valence electrons. The normalized spacial score (nSPS) is 11.5. The number of halogens is 5. The summed E-state index contributed by atoms with van der Waals surface area (Å²) >= 11 is 0. The Bertz CT molecular complexity index is 396. The van der Waals surface area contributed by atoms with Gasteiger partial charge in [-0.15, -0.1) is 12.4 Å². The first-order valence-corrected chi connectivity index (χ1v) is 5.53. The molecule has 0 fully saturated rings. The quantitative estimate of drug-likeness (QED) is 0.841. The number of nitrogens with one attached hydrogen (secondary N) is 1. The van der Waals surface area contributed by atoms with Gasteiger partial charge in [0.05, 0.1) is 5.56 Å². The lowest BCUT2D eigenvalue weighted by atomic mass is 10.1. The highest BCUT2D eigenvalue weighted by Gasteiger charge is 2.33. The zero-order chi connectivity index (χ0) is 13.8. The van der Waals surface area contributed by atoms with Crippen LogP contribution in [0.2, 0.25) is 0 Å². The lowest BCUT2D eigenvalue weighted by molar-refractivity contribution is -0.138. The van der Waals surface area contributed by atoms with Gasteiger partial charge in [0.1, 0.15) is 5.82 Å². The molecule has 0 bridgehead atoms. The van der Waals surface area contributed by atoms with Crippen LogP contribution in [-0.4, -0.2) is 32.1 Å². The predicted molar refractivity (Wildman–Crippen MR) is 68.9 cm³/mol. The van der Waals surface area contributed by atoms with E-state index in [4.69, 9.17) is 0 Å². The van der Waals surface area contributed by atoms with E-state index in [1.165, 1.54) is 6.07 Å². The van der Waals surface area contributed by atoms with Gasteiger partial charge in [-0.05, 0) is 31.8 Å². The Morgan fingerprint density at radius 1 is 1.26 bits per heavy atom. The Hall–Kier alpha value is -0.850. The second kappa shape index (κ2) is 7.67.